The van der Waals surface area contributed by atoms with Crippen LogP contribution in [0.15, 0.2) is 24.3 Å². The average molecular weight is 395 g/mol. The first kappa shape index (κ1) is 16.7. The summed E-state index contributed by atoms with van der Waals surface area (Å²) in [5.41, 5.74) is 1.30. The molecular weight excluding hydrogens is 375 g/mol. The fourth-order valence-electron chi connectivity index (χ4n) is 2.51. The maximum Gasteiger partial charge on any atom is 0.224 e. The molecule has 1 N–H and O–H groups in total. The molecule has 1 aliphatic heterocycles. The summed E-state index contributed by atoms with van der Waals surface area (Å²) in [6.45, 7) is 1.66. The number of benzene rings is 1. The van der Waals surface area contributed by atoms with Crippen LogP contribution in [0.1, 0.15) is 30.9 Å². The standard InChI is InChI=1S/C14H19IN2O.ClH/c1-16-9-8-14(18)17-10-4-7-13(17)11-5-2-3-6-12(11)15;/h2-3,5-6,13,16H,4,7-10H2,1H3;1H. The molecule has 1 aromatic rings. The molecule has 5 heteroatoms. The summed E-state index contributed by atoms with van der Waals surface area (Å²) >= 11 is 2.36. The summed E-state index contributed by atoms with van der Waals surface area (Å²) in [4.78, 5) is 14.2. The Kier molecular flexibility index (Phi) is 7.10. The van der Waals surface area contributed by atoms with Crippen LogP contribution in [0.2, 0.25) is 0 Å². The van der Waals surface area contributed by atoms with Gasteiger partial charge in [-0.3, -0.25) is 4.79 Å². The van der Waals surface area contributed by atoms with Crippen molar-refractivity contribution < 1.29 is 4.79 Å². The van der Waals surface area contributed by atoms with Crippen LogP contribution in [0, 0.1) is 3.57 Å². The Morgan fingerprint density at radius 3 is 2.89 bits per heavy atom. The number of amides is 1. The van der Waals surface area contributed by atoms with Gasteiger partial charge in [-0.05, 0) is 54.1 Å². The van der Waals surface area contributed by atoms with Gasteiger partial charge in [0.1, 0.15) is 0 Å². The van der Waals surface area contributed by atoms with E-state index in [4.69, 9.17) is 0 Å². The Morgan fingerprint density at radius 2 is 2.21 bits per heavy atom. The van der Waals surface area contributed by atoms with Crippen molar-refractivity contribution in [1.29, 1.82) is 0 Å². The lowest BCUT2D eigenvalue weighted by molar-refractivity contribution is -0.132. The van der Waals surface area contributed by atoms with Crippen molar-refractivity contribution in [2.75, 3.05) is 20.1 Å². The van der Waals surface area contributed by atoms with Crippen LogP contribution in [-0.4, -0.2) is 30.9 Å². The number of carbonyl (C=O) groups is 1. The molecule has 1 fully saturated rings. The summed E-state index contributed by atoms with van der Waals surface area (Å²) < 4.78 is 1.26. The molecule has 1 saturated heterocycles. The zero-order valence-electron chi connectivity index (χ0n) is 11.1. The summed E-state index contributed by atoms with van der Waals surface area (Å²) in [6.07, 6.45) is 2.79. The highest BCUT2D eigenvalue weighted by atomic mass is 127. The van der Waals surface area contributed by atoms with Gasteiger partial charge in [-0.2, -0.15) is 0 Å². The van der Waals surface area contributed by atoms with Crippen molar-refractivity contribution in [2.24, 2.45) is 0 Å². The monoisotopic (exact) mass is 394 g/mol. The Bertz CT molecular complexity index is 428. The average Bonchev–Trinajstić information content (AvgIpc) is 2.85. The van der Waals surface area contributed by atoms with Crippen LogP contribution in [0.5, 0.6) is 0 Å². The van der Waals surface area contributed by atoms with Gasteiger partial charge < -0.3 is 10.2 Å². The summed E-state index contributed by atoms with van der Waals surface area (Å²) in [7, 11) is 1.88. The van der Waals surface area contributed by atoms with E-state index in [1.807, 2.05) is 13.1 Å². The van der Waals surface area contributed by atoms with Gasteiger partial charge in [-0.15, -0.1) is 12.4 Å². The number of halogens is 2. The SMILES string of the molecule is CNCCC(=O)N1CCCC1c1ccccc1I.Cl. The van der Waals surface area contributed by atoms with Crippen LogP contribution in [0.25, 0.3) is 0 Å². The molecule has 0 radical (unpaired) electrons. The minimum atomic E-state index is 0. The fraction of sp³-hybridized carbons (Fsp3) is 0.500. The first-order valence-corrected chi connectivity index (χ1v) is 7.50. The van der Waals surface area contributed by atoms with Crippen molar-refractivity contribution in [2.45, 2.75) is 25.3 Å². The van der Waals surface area contributed by atoms with Gasteiger partial charge >= 0.3 is 0 Å². The molecule has 1 aromatic carbocycles. The minimum absolute atomic E-state index is 0. The maximum atomic E-state index is 12.2. The molecule has 0 bridgehead atoms. The van der Waals surface area contributed by atoms with Crippen LogP contribution in [0.4, 0.5) is 0 Å². The molecule has 1 amide bonds. The van der Waals surface area contributed by atoms with E-state index in [0.29, 0.717) is 6.42 Å². The topological polar surface area (TPSA) is 32.3 Å². The minimum Gasteiger partial charge on any atom is -0.336 e. The molecule has 0 spiro atoms. The van der Waals surface area contributed by atoms with Crippen LogP contribution >= 0.6 is 35.0 Å². The van der Waals surface area contributed by atoms with Gasteiger partial charge in [0.15, 0.2) is 0 Å². The number of likely N-dealkylation sites (tertiary alicyclic amines) is 1. The highest BCUT2D eigenvalue weighted by Crippen LogP contribution is 2.34. The van der Waals surface area contributed by atoms with Gasteiger partial charge in [0, 0.05) is 23.1 Å². The second-order valence-corrected chi connectivity index (χ2v) is 5.78. The third-order valence-corrected chi connectivity index (χ3v) is 4.41. The van der Waals surface area contributed by atoms with Gasteiger partial charge in [-0.25, -0.2) is 0 Å². The first-order chi connectivity index (χ1) is 8.74. The Morgan fingerprint density at radius 1 is 1.47 bits per heavy atom. The molecule has 1 aliphatic rings. The quantitative estimate of drug-likeness (QED) is 0.796. The normalized spacial score (nSPS) is 18.2. The summed E-state index contributed by atoms with van der Waals surface area (Å²) in [5, 5.41) is 3.04. The van der Waals surface area contributed by atoms with Gasteiger partial charge in [-0.1, -0.05) is 18.2 Å². The highest BCUT2D eigenvalue weighted by molar-refractivity contribution is 14.1. The molecule has 0 saturated carbocycles. The van der Waals surface area contributed by atoms with E-state index in [2.05, 4.69) is 51.0 Å². The summed E-state index contributed by atoms with van der Waals surface area (Å²) in [6, 6.07) is 8.66. The molecule has 106 valence electrons. The van der Waals surface area contributed by atoms with Gasteiger partial charge in [0.05, 0.1) is 6.04 Å². The molecule has 1 heterocycles. The smallest absolute Gasteiger partial charge is 0.224 e. The zero-order chi connectivity index (χ0) is 13.0. The number of hydrogen-bond acceptors (Lipinski definition) is 2. The molecule has 19 heavy (non-hydrogen) atoms. The van der Waals surface area contributed by atoms with E-state index in [0.717, 1.165) is 25.9 Å². The van der Waals surface area contributed by atoms with E-state index in [9.17, 15) is 4.79 Å². The molecule has 0 aliphatic carbocycles. The predicted molar refractivity (Wildman–Crippen MR) is 88.6 cm³/mol. The van der Waals surface area contributed by atoms with E-state index in [1.165, 1.54) is 9.13 Å². The molecular formula is C14H20ClIN2O. The van der Waals surface area contributed by atoms with Gasteiger partial charge in [0.25, 0.3) is 0 Å². The second-order valence-electron chi connectivity index (χ2n) is 4.62. The Labute approximate surface area is 134 Å². The number of carbonyl (C=O) groups excluding carboxylic acids is 1. The van der Waals surface area contributed by atoms with Crippen molar-refractivity contribution in [3.8, 4) is 0 Å². The maximum absolute atomic E-state index is 12.2. The molecule has 1 atom stereocenters. The van der Waals surface area contributed by atoms with Crippen LogP contribution in [0.3, 0.4) is 0 Å². The third kappa shape index (κ3) is 4.07. The number of nitrogens with zero attached hydrogens (tertiary/aromatic N) is 1. The van der Waals surface area contributed by atoms with Crippen LogP contribution < -0.4 is 5.32 Å². The third-order valence-electron chi connectivity index (χ3n) is 3.43. The van der Waals surface area contributed by atoms with Gasteiger partial charge in [0.2, 0.25) is 5.91 Å². The highest BCUT2D eigenvalue weighted by Gasteiger charge is 2.30. The summed E-state index contributed by atoms with van der Waals surface area (Å²) in [5.74, 6) is 0.270. The largest absolute Gasteiger partial charge is 0.336 e. The van der Waals surface area contributed by atoms with E-state index in [1.54, 1.807) is 0 Å². The lowest BCUT2D eigenvalue weighted by Gasteiger charge is -2.26. The Balaban J connectivity index is 0.00000180. The lowest BCUT2D eigenvalue weighted by Crippen LogP contribution is -2.32. The number of nitrogens with one attached hydrogen (secondary N) is 1. The van der Waals surface area contributed by atoms with E-state index >= 15 is 0 Å². The molecule has 3 nitrogen and oxygen atoms in total. The number of hydrogen-bond donors (Lipinski definition) is 1. The number of rotatable bonds is 4. The second kappa shape index (κ2) is 8.07. The van der Waals surface area contributed by atoms with Crippen molar-refractivity contribution in [3.63, 3.8) is 0 Å². The zero-order valence-corrected chi connectivity index (χ0v) is 14.0. The predicted octanol–water partition coefficient (Wildman–Crippen LogP) is 2.99. The molecule has 0 aromatic heterocycles. The van der Waals surface area contributed by atoms with E-state index in [-0.39, 0.29) is 24.4 Å². The molecule has 2 rings (SSSR count). The van der Waals surface area contributed by atoms with E-state index < -0.39 is 0 Å². The molecule has 1 unspecified atom stereocenters. The Hall–Kier alpha value is -0.330. The van der Waals surface area contributed by atoms with Crippen molar-refractivity contribution in [1.82, 2.24) is 10.2 Å². The fourth-order valence-corrected chi connectivity index (χ4v) is 3.26. The van der Waals surface area contributed by atoms with Crippen molar-refractivity contribution in [3.05, 3.63) is 33.4 Å². The first-order valence-electron chi connectivity index (χ1n) is 6.42. The lowest BCUT2D eigenvalue weighted by atomic mass is 10.0. The van der Waals surface area contributed by atoms with Crippen LogP contribution in [-0.2, 0) is 4.79 Å². The van der Waals surface area contributed by atoms with Crippen molar-refractivity contribution >= 4 is 40.9 Å².